The summed E-state index contributed by atoms with van der Waals surface area (Å²) in [6.45, 7) is 4.41. The molecular weight excluding hydrogens is 305 g/mol. The maximum Gasteiger partial charge on any atom is 0.239 e. The van der Waals surface area contributed by atoms with Gasteiger partial charge in [0.05, 0.1) is 6.04 Å². The molecule has 0 aliphatic carbocycles. The Hall–Kier alpha value is -1.46. The maximum absolute atomic E-state index is 13.1. The van der Waals surface area contributed by atoms with Crippen LogP contribution in [0, 0.1) is 11.7 Å². The maximum atomic E-state index is 13.1. The average molecular weight is 333 g/mol. The zero-order valence-electron chi connectivity index (χ0n) is 14.5. The number of hydrogen-bond acceptors (Lipinski definition) is 3. The van der Waals surface area contributed by atoms with Crippen molar-refractivity contribution in [3.8, 4) is 0 Å². The topological polar surface area (TPSA) is 35.6 Å². The van der Waals surface area contributed by atoms with Crippen molar-refractivity contribution in [2.24, 2.45) is 5.92 Å². The molecule has 24 heavy (non-hydrogen) atoms. The third-order valence-corrected chi connectivity index (χ3v) is 5.29. The van der Waals surface area contributed by atoms with Crippen molar-refractivity contribution in [3.63, 3.8) is 0 Å². The minimum absolute atomic E-state index is 0.0165. The molecule has 0 radical (unpaired) electrons. The predicted octanol–water partition coefficient (Wildman–Crippen LogP) is 2.25. The van der Waals surface area contributed by atoms with E-state index in [0.717, 1.165) is 64.0 Å². The summed E-state index contributed by atoms with van der Waals surface area (Å²) in [5.74, 6) is 0.654. The van der Waals surface area contributed by atoms with Crippen molar-refractivity contribution < 1.29 is 9.18 Å². The van der Waals surface area contributed by atoms with E-state index < -0.39 is 0 Å². The van der Waals surface area contributed by atoms with Gasteiger partial charge in [-0.05, 0) is 63.0 Å². The van der Waals surface area contributed by atoms with E-state index in [1.54, 1.807) is 0 Å². The van der Waals surface area contributed by atoms with Crippen LogP contribution in [0.15, 0.2) is 24.3 Å². The van der Waals surface area contributed by atoms with Crippen molar-refractivity contribution >= 4 is 5.91 Å². The summed E-state index contributed by atoms with van der Waals surface area (Å²) < 4.78 is 13.1. The van der Waals surface area contributed by atoms with Gasteiger partial charge in [-0.25, -0.2) is 4.39 Å². The van der Waals surface area contributed by atoms with Gasteiger partial charge in [-0.3, -0.25) is 9.69 Å². The molecule has 1 N–H and O–H groups in total. The number of hydrogen-bond donors (Lipinski definition) is 1. The van der Waals surface area contributed by atoms with Gasteiger partial charge in [0.15, 0.2) is 0 Å². The van der Waals surface area contributed by atoms with Crippen LogP contribution in [0.2, 0.25) is 0 Å². The Labute approximate surface area is 144 Å². The lowest BCUT2D eigenvalue weighted by Crippen LogP contribution is -2.50. The highest BCUT2D eigenvalue weighted by molar-refractivity contribution is 5.82. The van der Waals surface area contributed by atoms with Crippen LogP contribution in [-0.2, 0) is 11.3 Å². The summed E-state index contributed by atoms with van der Waals surface area (Å²) in [5.41, 5.74) is 1.07. The Balaban J connectivity index is 1.63. The molecule has 0 spiro atoms. The van der Waals surface area contributed by atoms with Gasteiger partial charge >= 0.3 is 0 Å². The molecule has 3 rings (SSSR count). The number of amides is 1. The highest BCUT2D eigenvalue weighted by Crippen LogP contribution is 2.24. The molecule has 2 saturated heterocycles. The molecule has 132 valence electrons. The fourth-order valence-electron chi connectivity index (χ4n) is 3.98. The van der Waals surface area contributed by atoms with Gasteiger partial charge in [0.2, 0.25) is 5.91 Å². The van der Waals surface area contributed by atoms with E-state index in [1.807, 2.05) is 19.2 Å². The minimum Gasteiger partial charge on any atom is -0.341 e. The summed E-state index contributed by atoms with van der Waals surface area (Å²) in [7, 11) is 1.97. The Morgan fingerprint density at radius 3 is 2.75 bits per heavy atom. The third kappa shape index (κ3) is 4.14. The second kappa shape index (κ2) is 8.08. The van der Waals surface area contributed by atoms with E-state index in [4.69, 9.17) is 0 Å². The number of halogens is 1. The van der Waals surface area contributed by atoms with Crippen LogP contribution in [0.1, 0.15) is 31.2 Å². The highest BCUT2D eigenvalue weighted by Gasteiger charge is 2.35. The number of piperidine rings is 1. The lowest BCUT2D eigenvalue weighted by atomic mass is 10.00. The molecule has 4 nitrogen and oxygen atoms in total. The monoisotopic (exact) mass is 333 g/mol. The smallest absolute Gasteiger partial charge is 0.239 e. The molecule has 2 heterocycles. The highest BCUT2D eigenvalue weighted by atomic mass is 19.1. The Bertz CT molecular complexity index is 548. The Kier molecular flexibility index (Phi) is 5.85. The van der Waals surface area contributed by atoms with Crippen molar-refractivity contribution in [3.05, 3.63) is 35.6 Å². The molecular formula is C19H28FN3O. The zero-order valence-corrected chi connectivity index (χ0v) is 14.5. The van der Waals surface area contributed by atoms with Crippen molar-refractivity contribution in [1.82, 2.24) is 15.1 Å². The van der Waals surface area contributed by atoms with Gasteiger partial charge < -0.3 is 10.2 Å². The first-order valence-electron chi connectivity index (χ1n) is 9.09. The molecule has 2 atom stereocenters. The van der Waals surface area contributed by atoms with Gasteiger partial charge in [0.25, 0.3) is 0 Å². The number of likely N-dealkylation sites (tertiary alicyclic amines) is 2. The number of nitrogens with zero attached hydrogens (tertiary/aromatic N) is 2. The molecule has 0 bridgehead atoms. The summed E-state index contributed by atoms with van der Waals surface area (Å²) in [4.78, 5) is 17.3. The standard InChI is InChI=1S/C19H28FN3O/c1-21-12-16-9-11-23(14-16)19(24)18-4-2-3-10-22(18)13-15-5-7-17(20)8-6-15/h5-8,16,18,21H,2-4,9-14H2,1H3/t16-,18+/m1/s1. The number of nitrogens with one attached hydrogen (secondary N) is 1. The number of benzene rings is 1. The van der Waals surface area contributed by atoms with Gasteiger partial charge in [-0.1, -0.05) is 18.6 Å². The fourth-order valence-corrected chi connectivity index (χ4v) is 3.98. The summed E-state index contributed by atoms with van der Waals surface area (Å²) in [6.07, 6.45) is 4.28. The lowest BCUT2D eigenvalue weighted by molar-refractivity contribution is -0.137. The van der Waals surface area contributed by atoms with Crippen LogP contribution >= 0.6 is 0 Å². The van der Waals surface area contributed by atoms with Crippen molar-refractivity contribution in [2.75, 3.05) is 33.2 Å². The molecule has 2 aliphatic rings. The molecule has 5 heteroatoms. The number of carbonyl (C=O) groups excluding carboxylic acids is 1. The Morgan fingerprint density at radius 2 is 2.00 bits per heavy atom. The molecule has 1 aromatic rings. The van der Waals surface area contributed by atoms with Crippen LogP contribution in [-0.4, -0.2) is 55.0 Å². The van der Waals surface area contributed by atoms with Crippen LogP contribution in [0.25, 0.3) is 0 Å². The van der Waals surface area contributed by atoms with Gasteiger partial charge in [-0.2, -0.15) is 0 Å². The van der Waals surface area contributed by atoms with Crippen molar-refractivity contribution in [2.45, 2.75) is 38.3 Å². The van der Waals surface area contributed by atoms with Gasteiger partial charge in [-0.15, -0.1) is 0 Å². The Morgan fingerprint density at radius 1 is 1.21 bits per heavy atom. The van der Waals surface area contributed by atoms with E-state index in [-0.39, 0.29) is 17.8 Å². The average Bonchev–Trinajstić information content (AvgIpc) is 3.06. The fraction of sp³-hybridized carbons (Fsp3) is 0.632. The predicted molar refractivity (Wildman–Crippen MR) is 93.1 cm³/mol. The van der Waals surface area contributed by atoms with Crippen LogP contribution < -0.4 is 5.32 Å². The molecule has 1 aromatic carbocycles. The summed E-state index contributed by atoms with van der Waals surface area (Å²) in [5, 5.41) is 3.22. The number of carbonyl (C=O) groups is 1. The summed E-state index contributed by atoms with van der Waals surface area (Å²) in [6, 6.07) is 6.63. The molecule has 2 aliphatic heterocycles. The first-order valence-corrected chi connectivity index (χ1v) is 9.09. The minimum atomic E-state index is -0.210. The van der Waals surface area contributed by atoms with Crippen LogP contribution in [0.4, 0.5) is 4.39 Å². The first-order chi connectivity index (χ1) is 11.7. The second-order valence-corrected chi connectivity index (χ2v) is 7.11. The van der Waals surface area contributed by atoms with E-state index >= 15 is 0 Å². The van der Waals surface area contributed by atoms with Gasteiger partial charge in [0, 0.05) is 19.6 Å². The van der Waals surface area contributed by atoms with Crippen LogP contribution in [0.3, 0.4) is 0 Å². The van der Waals surface area contributed by atoms with E-state index in [0.29, 0.717) is 5.92 Å². The SMILES string of the molecule is CNC[C@H]1CCN(C(=O)[C@@H]2CCCCN2Cc2ccc(F)cc2)C1. The van der Waals surface area contributed by atoms with Gasteiger partial charge in [0.1, 0.15) is 5.82 Å². The lowest BCUT2D eigenvalue weighted by Gasteiger charge is -2.37. The van der Waals surface area contributed by atoms with Crippen molar-refractivity contribution in [1.29, 1.82) is 0 Å². The zero-order chi connectivity index (χ0) is 16.9. The van der Waals surface area contributed by atoms with Crippen LogP contribution in [0.5, 0.6) is 0 Å². The quantitative estimate of drug-likeness (QED) is 0.898. The third-order valence-electron chi connectivity index (χ3n) is 5.29. The second-order valence-electron chi connectivity index (χ2n) is 7.11. The molecule has 1 amide bonds. The van der Waals surface area contributed by atoms with E-state index in [1.165, 1.54) is 12.1 Å². The first kappa shape index (κ1) is 17.4. The van der Waals surface area contributed by atoms with E-state index in [2.05, 4.69) is 15.1 Å². The molecule has 0 unspecified atom stereocenters. The normalized spacial score (nSPS) is 25.2. The largest absolute Gasteiger partial charge is 0.341 e. The summed E-state index contributed by atoms with van der Waals surface area (Å²) >= 11 is 0. The molecule has 2 fully saturated rings. The number of rotatable bonds is 5. The molecule has 0 aromatic heterocycles. The molecule has 0 saturated carbocycles. The van der Waals surface area contributed by atoms with E-state index in [9.17, 15) is 9.18 Å².